The first kappa shape index (κ1) is 18.4. The molecule has 0 aromatic heterocycles. The Bertz CT molecular complexity index is 564. The fraction of sp³-hybridized carbons (Fsp3) is 0.571. The van der Waals surface area contributed by atoms with Crippen LogP contribution < -0.4 is 10.5 Å². The summed E-state index contributed by atoms with van der Waals surface area (Å²) >= 11 is 2.96. The van der Waals surface area contributed by atoms with Crippen LogP contribution in [0.1, 0.15) is 45.4 Å². The van der Waals surface area contributed by atoms with Crippen molar-refractivity contribution in [2.24, 2.45) is 0 Å². The molecule has 1 aromatic rings. The van der Waals surface area contributed by atoms with Gasteiger partial charge < -0.3 is 5.73 Å². The number of anilines is 1. The van der Waals surface area contributed by atoms with Gasteiger partial charge in [-0.3, -0.25) is 0 Å². The molecule has 1 aromatic carbocycles. The zero-order valence-electron chi connectivity index (χ0n) is 12.2. The van der Waals surface area contributed by atoms with Gasteiger partial charge in [0.05, 0.1) is 4.47 Å². The fourth-order valence-electron chi connectivity index (χ4n) is 1.97. The van der Waals surface area contributed by atoms with Crippen molar-refractivity contribution in [2.45, 2.75) is 50.3 Å². The van der Waals surface area contributed by atoms with E-state index < -0.39 is 20.7 Å². The molecule has 7 heteroatoms. The van der Waals surface area contributed by atoms with Gasteiger partial charge in [0.1, 0.15) is 4.90 Å². The molecule has 0 atom stereocenters. The zero-order chi connectivity index (χ0) is 15.9. The molecule has 0 aliphatic heterocycles. The molecule has 4 nitrogen and oxygen atoms in total. The molecule has 0 aliphatic carbocycles. The molecular formula is C14H22BrFN2O2S. The summed E-state index contributed by atoms with van der Waals surface area (Å²) in [5.74, 6) is -0.820. The van der Waals surface area contributed by atoms with Crippen LogP contribution in [0.25, 0.3) is 0 Å². The second-order valence-electron chi connectivity index (χ2n) is 4.98. The molecule has 0 saturated carbocycles. The van der Waals surface area contributed by atoms with Crippen LogP contribution in [0, 0.1) is 5.82 Å². The van der Waals surface area contributed by atoms with Gasteiger partial charge in [-0.15, -0.1) is 0 Å². The number of rotatable bonds is 9. The second-order valence-corrected chi connectivity index (χ2v) is 7.57. The van der Waals surface area contributed by atoms with Crippen molar-refractivity contribution >= 4 is 31.6 Å². The minimum Gasteiger partial charge on any atom is -0.399 e. The van der Waals surface area contributed by atoms with E-state index in [0.29, 0.717) is 6.54 Å². The van der Waals surface area contributed by atoms with Crippen molar-refractivity contribution < 1.29 is 12.8 Å². The van der Waals surface area contributed by atoms with Gasteiger partial charge in [-0.2, -0.15) is 0 Å². The highest BCUT2D eigenvalue weighted by atomic mass is 79.9. The molecule has 0 aliphatic rings. The number of sulfonamides is 1. The van der Waals surface area contributed by atoms with Crippen LogP contribution in [-0.2, 0) is 10.0 Å². The van der Waals surface area contributed by atoms with Gasteiger partial charge in [0.2, 0.25) is 10.0 Å². The number of hydrogen-bond donors (Lipinski definition) is 2. The highest BCUT2D eigenvalue weighted by Gasteiger charge is 2.21. The van der Waals surface area contributed by atoms with Gasteiger partial charge in [-0.25, -0.2) is 17.5 Å². The van der Waals surface area contributed by atoms with Crippen molar-refractivity contribution in [1.29, 1.82) is 0 Å². The fourth-order valence-corrected chi connectivity index (χ4v) is 3.78. The first-order chi connectivity index (χ1) is 9.88. The third-order valence-corrected chi connectivity index (χ3v) is 5.17. The topological polar surface area (TPSA) is 72.2 Å². The number of nitrogen functional groups attached to an aromatic ring is 1. The highest BCUT2D eigenvalue weighted by Crippen LogP contribution is 2.25. The molecule has 21 heavy (non-hydrogen) atoms. The summed E-state index contributed by atoms with van der Waals surface area (Å²) in [6.07, 6.45) is 6.35. The summed E-state index contributed by atoms with van der Waals surface area (Å²) in [5.41, 5.74) is 5.76. The molecule has 0 bridgehead atoms. The highest BCUT2D eigenvalue weighted by molar-refractivity contribution is 9.10. The average molecular weight is 381 g/mol. The molecule has 0 spiro atoms. The summed E-state index contributed by atoms with van der Waals surface area (Å²) in [5, 5.41) is 0. The minimum absolute atomic E-state index is 0.0439. The van der Waals surface area contributed by atoms with E-state index in [1.54, 1.807) is 0 Å². The first-order valence-electron chi connectivity index (χ1n) is 7.12. The second kappa shape index (κ2) is 8.70. The number of nitrogens with one attached hydrogen (secondary N) is 1. The van der Waals surface area contributed by atoms with E-state index in [4.69, 9.17) is 5.73 Å². The standard InChI is InChI=1S/C14H22BrFN2O2S/c1-2-3-4-5-6-7-8-18-21(19,20)13-10-11(17)9-12(15)14(13)16/h9-10,18H,2-8,17H2,1H3. The summed E-state index contributed by atoms with van der Waals surface area (Å²) in [6.45, 7) is 2.45. The van der Waals surface area contributed by atoms with E-state index in [1.807, 2.05) is 0 Å². The molecule has 3 N–H and O–H groups in total. The molecule has 0 unspecified atom stereocenters. The van der Waals surface area contributed by atoms with Gasteiger partial charge in [-0.1, -0.05) is 39.0 Å². The van der Waals surface area contributed by atoms with Gasteiger partial charge in [0.25, 0.3) is 0 Å². The van der Waals surface area contributed by atoms with E-state index in [1.165, 1.54) is 25.3 Å². The predicted octanol–water partition coefficient (Wildman–Crippen LogP) is 3.81. The van der Waals surface area contributed by atoms with E-state index in [2.05, 4.69) is 27.6 Å². The number of nitrogens with two attached hydrogens (primary N) is 1. The van der Waals surface area contributed by atoms with Crippen LogP contribution in [0.2, 0.25) is 0 Å². The lowest BCUT2D eigenvalue weighted by Crippen LogP contribution is -2.26. The number of hydrogen-bond acceptors (Lipinski definition) is 3. The number of benzene rings is 1. The Hall–Kier alpha value is -0.660. The lowest BCUT2D eigenvalue weighted by atomic mass is 10.1. The van der Waals surface area contributed by atoms with Gasteiger partial charge in [0, 0.05) is 12.2 Å². The molecule has 0 fully saturated rings. The van der Waals surface area contributed by atoms with Gasteiger partial charge >= 0.3 is 0 Å². The van der Waals surface area contributed by atoms with E-state index in [-0.39, 0.29) is 10.2 Å². The van der Waals surface area contributed by atoms with E-state index >= 15 is 0 Å². The van der Waals surface area contributed by atoms with Crippen LogP contribution in [0.4, 0.5) is 10.1 Å². The van der Waals surface area contributed by atoms with Crippen LogP contribution in [0.15, 0.2) is 21.5 Å². The summed E-state index contributed by atoms with van der Waals surface area (Å²) < 4.78 is 40.5. The smallest absolute Gasteiger partial charge is 0.243 e. The maximum atomic E-state index is 13.9. The van der Waals surface area contributed by atoms with Crippen molar-refractivity contribution in [3.05, 3.63) is 22.4 Å². The molecule has 0 radical (unpaired) electrons. The van der Waals surface area contributed by atoms with Crippen LogP contribution in [-0.4, -0.2) is 15.0 Å². The first-order valence-corrected chi connectivity index (χ1v) is 9.40. The lowest BCUT2D eigenvalue weighted by molar-refractivity contribution is 0.548. The summed E-state index contributed by atoms with van der Waals surface area (Å²) in [7, 11) is -3.87. The van der Waals surface area contributed by atoms with E-state index in [0.717, 1.165) is 25.3 Å². The average Bonchev–Trinajstić information content (AvgIpc) is 2.41. The molecule has 1 rings (SSSR count). The Kier molecular flexibility index (Phi) is 7.62. The van der Waals surface area contributed by atoms with Crippen LogP contribution in [0.5, 0.6) is 0 Å². The van der Waals surface area contributed by atoms with Crippen molar-refractivity contribution in [2.75, 3.05) is 12.3 Å². The monoisotopic (exact) mass is 380 g/mol. The minimum atomic E-state index is -3.87. The SMILES string of the molecule is CCCCCCCCNS(=O)(=O)c1cc(N)cc(Br)c1F. The normalized spacial score (nSPS) is 11.8. The van der Waals surface area contributed by atoms with Gasteiger partial charge in [0.15, 0.2) is 5.82 Å². The maximum absolute atomic E-state index is 13.9. The summed E-state index contributed by atoms with van der Waals surface area (Å²) in [4.78, 5) is -0.416. The molecule has 0 saturated heterocycles. The molecular weight excluding hydrogens is 359 g/mol. The molecule has 0 amide bonds. The largest absolute Gasteiger partial charge is 0.399 e. The van der Waals surface area contributed by atoms with Crippen molar-refractivity contribution in [1.82, 2.24) is 4.72 Å². The third kappa shape index (κ3) is 5.92. The van der Waals surface area contributed by atoms with Crippen LogP contribution in [0.3, 0.4) is 0 Å². The predicted molar refractivity (Wildman–Crippen MR) is 87.1 cm³/mol. The quantitative estimate of drug-likeness (QED) is 0.505. The Morgan fingerprint density at radius 1 is 1.19 bits per heavy atom. The molecule has 120 valence electrons. The third-order valence-electron chi connectivity index (χ3n) is 3.13. The Morgan fingerprint density at radius 2 is 1.81 bits per heavy atom. The van der Waals surface area contributed by atoms with E-state index in [9.17, 15) is 12.8 Å². The zero-order valence-corrected chi connectivity index (χ0v) is 14.6. The lowest BCUT2D eigenvalue weighted by Gasteiger charge is -2.09. The maximum Gasteiger partial charge on any atom is 0.243 e. The van der Waals surface area contributed by atoms with Crippen LogP contribution >= 0.6 is 15.9 Å². The van der Waals surface area contributed by atoms with Crippen molar-refractivity contribution in [3.63, 3.8) is 0 Å². The Morgan fingerprint density at radius 3 is 2.48 bits per heavy atom. The Balaban J connectivity index is 2.55. The number of unbranched alkanes of at least 4 members (excludes halogenated alkanes) is 5. The van der Waals surface area contributed by atoms with Crippen molar-refractivity contribution in [3.8, 4) is 0 Å². The number of halogens is 2. The van der Waals surface area contributed by atoms with Gasteiger partial charge in [-0.05, 0) is 34.5 Å². The summed E-state index contributed by atoms with van der Waals surface area (Å²) in [6, 6.07) is 2.46. The Labute approximate surface area is 134 Å². The molecule has 0 heterocycles.